The summed E-state index contributed by atoms with van der Waals surface area (Å²) < 4.78 is 40.7. The minimum atomic E-state index is -3.83. The summed E-state index contributed by atoms with van der Waals surface area (Å²) in [5, 5.41) is 7.82. The molecule has 2 atom stereocenters. The zero-order valence-electron chi connectivity index (χ0n) is 25.8. The maximum absolute atomic E-state index is 13.7. The average Bonchev–Trinajstić information content (AvgIpc) is 3.72. The van der Waals surface area contributed by atoms with Gasteiger partial charge in [-0.3, -0.25) is 14.7 Å². The third-order valence-corrected chi connectivity index (χ3v) is 9.12. The van der Waals surface area contributed by atoms with Gasteiger partial charge in [0.05, 0.1) is 29.0 Å². The van der Waals surface area contributed by atoms with Gasteiger partial charge in [0.15, 0.2) is 0 Å². The van der Waals surface area contributed by atoms with Crippen LogP contribution in [-0.2, 0) is 17.7 Å². The summed E-state index contributed by atoms with van der Waals surface area (Å²) in [4.78, 5) is 25.8. The van der Waals surface area contributed by atoms with Crippen molar-refractivity contribution in [3.8, 4) is 28.1 Å². The normalized spacial score (nSPS) is 19.3. The van der Waals surface area contributed by atoms with Crippen molar-refractivity contribution in [1.29, 1.82) is 0 Å². The second kappa shape index (κ2) is 11.4. The number of imidazole rings is 1. The molecule has 3 aliphatic rings. The third-order valence-electron chi connectivity index (χ3n) is 9.05. The van der Waals surface area contributed by atoms with Gasteiger partial charge in [-0.1, -0.05) is 0 Å². The maximum Gasteiger partial charge on any atom is 0.487 e. The van der Waals surface area contributed by atoms with Crippen LogP contribution in [0.2, 0.25) is 0 Å². The van der Waals surface area contributed by atoms with Crippen molar-refractivity contribution >= 4 is 34.2 Å². The van der Waals surface area contributed by atoms with Gasteiger partial charge in [0.2, 0.25) is 0 Å². The number of amides is 1. The van der Waals surface area contributed by atoms with Crippen LogP contribution < -0.4 is 10.1 Å². The monoisotopic (exact) mass is 659 g/mol. The number of halogens is 3. The lowest BCUT2D eigenvalue weighted by Gasteiger charge is -2.30. The Balaban J connectivity index is 1.19. The van der Waals surface area contributed by atoms with Crippen LogP contribution >= 0.6 is 11.6 Å². The summed E-state index contributed by atoms with van der Waals surface area (Å²) >= 11 is 4.88. The molecule has 1 amide bonds. The van der Waals surface area contributed by atoms with Crippen molar-refractivity contribution in [3.05, 3.63) is 77.5 Å². The number of carbonyl (C=O) groups excluding carboxylic acids is 1. The number of hydrogen-bond acceptors (Lipinski definition) is 7. The SMILES string of the molecule is C[C@@H]1CN(C)Cc2nc3cc(C(=O)Nc4ccc(OC(F)(F)Cl)cc4)cc(-c4cnc5c(c4)-c4nn(C6CCCCO6)cc4C5)c3n21. The number of hydrogen-bond donors (Lipinski definition) is 1. The van der Waals surface area contributed by atoms with E-state index in [4.69, 9.17) is 31.4 Å². The Morgan fingerprint density at radius 2 is 1.98 bits per heavy atom. The molecule has 242 valence electrons. The molecular weight excluding hydrogens is 628 g/mol. The fourth-order valence-corrected chi connectivity index (χ4v) is 7.12. The number of nitrogens with zero attached hydrogens (tertiary/aromatic N) is 6. The molecule has 1 aliphatic carbocycles. The molecule has 3 aromatic heterocycles. The predicted molar refractivity (Wildman–Crippen MR) is 173 cm³/mol. The van der Waals surface area contributed by atoms with Gasteiger partial charge in [-0.2, -0.15) is 5.10 Å². The minimum absolute atomic E-state index is 0.0494. The number of fused-ring (bicyclic) bond motifs is 6. The van der Waals surface area contributed by atoms with Crippen LogP contribution in [0.25, 0.3) is 33.4 Å². The summed E-state index contributed by atoms with van der Waals surface area (Å²) in [7, 11) is 2.07. The Morgan fingerprint density at radius 1 is 1.15 bits per heavy atom. The first-order valence-electron chi connectivity index (χ1n) is 15.7. The number of ether oxygens (including phenoxy) is 2. The lowest BCUT2D eigenvalue weighted by atomic mass is 9.99. The van der Waals surface area contributed by atoms with E-state index in [2.05, 4.69) is 45.8 Å². The van der Waals surface area contributed by atoms with E-state index in [0.29, 0.717) is 29.7 Å². The second-order valence-corrected chi connectivity index (χ2v) is 13.0. The lowest BCUT2D eigenvalue weighted by Crippen LogP contribution is -2.33. The summed E-state index contributed by atoms with van der Waals surface area (Å²) in [6.07, 6.45) is 7.74. The molecule has 1 N–H and O–H groups in total. The van der Waals surface area contributed by atoms with E-state index in [-0.39, 0.29) is 23.9 Å². The molecule has 13 heteroatoms. The van der Waals surface area contributed by atoms with Crippen LogP contribution in [0.4, 0.5) is 14.5 Å². The maximum atomic E-state index is 13.7. The molecule has 0 radical (unpaired) electrons. The number of benzene rings is 2. The molecule has 8 rings (SSSR count). The Hall–Kier alpha value is -4.39. The van der Waals surface area contributed by atoms with Gasteiger partial charge in [-0.05, 0) is 75.7 Å². The number of carbonyl (C=O) groups is 1. The highest BCUT2D eigenvalue weighted by Gasteiger charge is 2.30. The van der Waals surface area contributed by atoms with Crippen molar-refractivity contribution < 1.29 is 23.0 Å². The summed E-state index contributed by atoms with van der Waals surface area (Å²) in [6.45, 7) is 4.46. The first-order valence-corrected chi connectivity index (χ1v) is 16.1. The second-order valence-electron chi connectivity index (χ2n) is 12.6. The van der Waals surface area contributed by atoms with E-state index in [0.717, 1.165) is 77.4 Å². The van der Waals surface area contributed by atoms with Crippen LogP contribution in [0, 0.1) is 0 Å². The molecule has 1 unspecified atom stereocenters. The van der Waals surface area contributed by atoms with Crippen LogP contribution in [0.15, 0.2) is 54.9 Å². The topological polar surface area (TPSA) is 99.3 Å². The standard InChI is InChI=1S/C34H32ClF2N7O3/c1-19-16-42(2)18-29-40-28-13-20(33(45)39-23-6-8-24(9-7-23)47-34(35,36)37)11-25(32(28)44(19)29)21-12-26-27(38-15-21)14-22-17-43(41-31(22)26)30-5-3-4-10-46-30/h6-9,11-13,15,17,19,30H,3-5,10,14,16,18H2,1-2H3,(H,39,45)/t19-,30?/m1/s1. The predicted octanol–water partition coefficient (Wildman–Crippen LogP) is 6.99. The number of nitrogens with one attached hydrogen (secondary N) is 1. The number of alkyl halides is 3. The van der Waals surface area contributed by atoms with E-state index >= 15 is 0 Å². The highest BCUT2D eigenvalue weighted by molar-refractivity contribution is 6.20. The molecule has 5 heterocycles. The van der Waals surface area contributed by atoms with Gasteiger partial charge in [0.25, 0.3) is 5.91 Å². The summed E-state index contributed by atoms with van der Waals surface area (Å²) in [5.74, 6) is 0.426. The highest BCUT2D eigenvalue weighted by atomic mass is 35.5. The van der Waals surface area contributed by atoms with Crippen molar-refractivity contribution in [1.82, 2.24) is 29.2 Å². The molecule has 0 spiro atoms. The van der Waals surface area contributed by atoms with Crippen molar-refractivity contribution in [2.45, 2.75) is 57.0 Å². The van der Waals surface area contributed by atoms with Crippen LogP contribution in [0.5, 0.6) is 5.75 Å². The summed E-state index contributed by atoms with van der Waals surface area (Å²) in [5.41, 5.74) is 4.32. The number of anilines is 1. The number of likely N-dealkylation sites (N-methyl/N-ethyl adjacent to an activating group) is 1. The van der Waals surface area contributed by atoms with E-state index < -0.39 is 5.57 Å². The van der Waals surface area contributed by atoms with Crippen molar-refractivity contribution in [2.24, 2.45) is 0 Å². The van der Waals surface area contributed by atoms with Crippen LogP contribution in [0.1, 0.15) is 65.9 Å². The average molecular weight is 660 g/mol. The summed E-state index contributed by atoms with van der Waals surface area (Å²) in [6, 6.07) is 11.5. The Kier molecular flexibility index (Phi) is 7.27. The van der Waals surface area contributed by atoms with Crippen LogP contribution in [-0.4, -0.2) is 60.9 Å². The highest BCUT2D eigenvalue weighted by Crippen LogP contribution is 2.41. The van der Waals surface area contributed by atoms with Gasteiger partial charge in [0.1, 0.15) is 17.8 Å². The minimum Gasteiger partial charge on any atom is -0.420 e. The number of pyridine rings is 1. The molecule has 10 nitrogen and oxygen atoms in total. The molecule has 5 aromatic rings. The Morgan fingerprint density at radius 3 is 2.74 bits per heavy atom. The van der Waals surface area contributed by atoms with Crippen LogP contribution in [0.3, 0.4) is 0 Å². The Labute approximate surface area is 274 Å². The number of aromatic nitrogens is 5. The molecule has 1 saturated heterocycles. The zero-order valence-corrected chi connectivity index (χ0v) is 26.6. The van der Waals surface area contributed by atoms with E-state index in [9.17, 15) is 13.6 Å². The molecule has 0 saturated carbocycles. The van der Waals surface area contributed by atoms with Crippen molar-refractivity contribution in [3.63, 3.8) is 0 Å². The molecule has 0 bridgehead atoms. The van der Waals surface area contributed by atoms with Gasteiger partial charge in [-0.25, -0.2) is 9.67 Å². The fraction of sp³-hybridized carbons (Fsp3) is 0.353. The largest absolute Gasteiger partial charge is 0.487 e. The fourth-order valence-electron chi connectivity index (χ4n) is 7.03. The van der Waals surface area contributed by atoms with Gasteiger partial charge >= 0.3 is 5.57 Å². The smallest absolute Gasteiger partial charge is 0.420 e. The number of rotatable bonds is 6. The first-order chi connectivity index (χ1) is 22.6. The van der Waals surface area contributed by atoms with Crippen molar-refractivity contribution in [2.75, 3.05) is 25.5 Å². The molecule has 2 aliphatic heterocycles. The molecule has 2 aromatic carbocycles. The lowest BCUT2D eigenvalue weighted by molar-refractivity contribution is -0.0964. The third kappa shape index (κ3) is 5.64. The molecular formula is C34H32ClF2N7O3. The van der Waals surface area contributed by atoms with E-state index in [1.54, 1.807) is 6.07 Å². The zero-order chi connectivity index (χ0) is 32.4. The quantitative estimate of drug-likeness (QED) is 0.192. The van der Waals surface area contributed by atoms with E-state index in [1.807, 2.05) is 16.9 Å². The molecule has 47 heavy (non-hydrogen) atoms. The molecule has 1 fully saturated rings. The van der Waals surface area contributed by atoms with Gasteiger partial charge in [-0.15, -0.1) is 8.78 Å². The van der Waals surface area contributed by atoms with Gasteiger partial charge < -0.3 is 19.4 Å². The van der Waals surface area contributed by atoms with Gasteiger partial charge in [0, 0.05) is 83.1 Å². The first kappa shape index (κ1) is 30.0. The Bertz CT molecular complexity index is 2010. The van der Waals surface area contributed by atoms with E-state index in [1.165, 1.54) is 24.3 Å².